The molecule has 2 aromatic heterocycles. The average Bonchev–Trinajstić information content (AvgIpc) is 3.03. The van der Waals surface area contributed by atoms with E-state index in [0.29, 0.717) is 34.5 Å². The third-order valence-corrected chi connectivity index (χ3v) is 7.12. The van der Waals surface area contributed by atoms with E-state index in [1.54, 1.807) is 18.2 Å². The van der Waals surface area contributed by atoms with Gasteiger partial charge in [0.2, 0.25) is 0 Å². The number of halogens is 4. The number of aromatic nitrogens is 4. The Hall–Kier alpha value is -4.76. The summed E-state index contributed by atoms with van der Waals surface area (Å²) in [5, 5.41) is 8.55. The van der Waals surface area contributed by atoms with Crippen molar-refractivity contribution in [2.45, 2.75) is 25.7 Å². The van der Waals surface area contributed by atoms with E-state index < -0.39 is 0 Å². The second-order valence-electron chi connectivity index (χ2n) is 10.1. The van der Waals surface area contributed by atoms with E-state index in [4.69, 9.17) is 11.6 Å². The number of hydrogen-bond donors (Lipinski definition) is 2. The molecule has 2 N–H and O–H groups in total. The first-order valence-electron chi connectivity index (χ1n) is 14.2. The van der Waals surface area contributed by atoms with Gasteiger partial charge in [-0.2, -0.15) is 0 Å². The highest BCUT2D eigenvalue weighted by Crippen LogP contribution is 2.21. The van der Waals surface area contributed by atoms with Crippen LogP contribution in [0, 0.1) is 17.5 Å². The molecule has 0 atom stereocenters. The average molecular weight is 615 g/mol. The molecule has 0 radical (unpaired) electrons. The Balaban J connectivity index is 0.000000175. The second kappa shape index (κ2) is 15.1. The van der Waals surface area contributed by atoms with Crippen LogP contribution in [-0.4, -0.2) is 33.0 Å². The summed E-state index contributed by atoms with van der Waals surface area (Å²) in [4.78, 5) is 16.6. The van der Waals surface area contributed by atoms with E-state index >= 15 is 0 Å². The van der Waals surface area contributed by atoms with Gasteiger partial charge in [-0.05, 0) is 97.5 Å². The molecule has 0 aliphatic carbocycles. The minimum atomic E-state index is -0.315. The lowest BCUT2D eigenvalue weighted by atomic mass is 10.1. The van der Waals surface area contributed by atoms with Gasteiger partial charge >= 0.3 is 0 Å². The summed E-state index contributed by atoms with van der Waals surface area (Å²) in [6, 6.07) is 23.4. The fourth-order valence-corrected chi connectivity index (χ4v) is 4.81. The number of nitrogens with zero attached hydrogens (tertiary/aromatic N) is 4. The normalized spacial score (nSPS) is 10.8. The van der Waals surface area contributed by atoms with Crippen LogP contribution in [0.5, 0.6) is 0 Å². The van der Waals surface area contributed by atoms with Crippen LogP contribution in [0.1, 0.15) is 24.0 Å². The van der Waals surface area contributed by atoms with Crippen molar-refractivity contribution < 1.29 is 13.2 Å². The maximum Gasteiger partial charge on any atom is 0.137 e. The molecule has 0 fully saturated rings. The molecule has 2 heterocycles. The molecule has 10 heteroatoms. The maximum atomic E-state index is 13.4. The number of nitrogens with one attached hydrogen (secondary N) is 2. The molecule has 4 aromatic carbocycles. The Kier molecular flexibility index (Phi) is 10.5. The zero-order chi connectivity index (χ0) is 30.7. The zero-order valence-corrected chi connectivity index (χ0v) is 24.5. The van der Waals surface area contributed by atoms with Crippen LogP contribution in [0.3, 0.4) is 0 Å². The van der Waals surface area contributed by atoms with Crippen molar-refractivity contribution in [3.63, 3.8) is 0 Å². The van der Waals surface area contributed by atoms with Crippen LogP contribution >= 0.6 is 11.6 Å². The van der Waals surface area contributed by atoms with Gasteiger partial charge in [-0.15, -0.1) is 0 Å². The number of anilines is 2. The van der Waals surface area contributed by atoms with E-state index in [0.717, 1.165) is 48.3 Å². The number of rotatable bonds is 10. The van der Waals surface area contributed by atoms with Gasteiger partial charge in [0.05, 0.1) is 11.0 Å². The molecular weight excluding hydrogens is 585 g/mol. The SMILES string of the molecule is Fc1ccc2ncnc(NCCCc3ccc(Cl)cc3)c2c1.Fc1cccc(CCCNc2ncnc3ccc(F)cc23)c1. The van der Waals surface area contributed by atoms with Gasteiger partial charge in [0.15, 0.2) is 0 Å². The number of hydrogen-bond acceptors (Lipinski definition) is 6. The van der Waals surface area contributed by atoms with Crippen molar-refractivity contribution in [3.05, 3.63) is 131 Å². The van der Waals surface area contributed by atoms with Crippen molar-refractivity contribution in [1.82, 2.24) is 19.9 Å². The van der Waals surface area contributed by atoms with Crippen molar-refractivity contribution >= 4 is 45.0 Å². The van der Waals surface area contributed by atoms with Crippen molar-refractivity contribution in [3.8, 4) is 0 Å². The Morgan fingerprint density at radius 3 is 1.61 bits per heavy atom. The monoisotopic (exact) mass is 614 g/mol. The van der Waals surface area contributed by atoms with E-state index in [2.05, 4.69) is 30.6 Å². The van der Waals surface area contributed by atoms with E-state index in [-0.39, 0.29) is 17.5 Å². The Bertz CT molecular complexity index is 1830. The van der Waals surface area contributed by atoms with Crippen LogP contribution in [0.25, 0.3) is 21.8 Å². The van der Waals surface area contributed by atoms with Crippen molar-refractivity contribution in [2.75, 3.05) is 23.7 Å². The molecule has 224 valence electrons. The van der Waals surface area contributed by atoms with Gasteiger partial charge in [-0.3, -0.25) is 0 Å². The lowest BCUT2D eigenvalue weighted by molar-refractivity contribution is 0.624. The first-order chi connectivity index (χ1) is 21.4. The van der Waals surface area contributed by atoms with E-state index in [1.165, 1.54) is 54.6 Å². The highest BCUT2D eigenvalue weighted by molar-refractivity contribution is 6.30. The lowest BCUT2D eigenvalue weighted by Crippen LogP contribution is -2.05. The molecule has 0 spiro atoms. The minimum absolute atomic E-state index is 0.220. The topological polar surface area (TPSA) is 75.6 Å². The van der Waals surface area contributed by atoms with Crippen molar-refractivity contribution in [1.29, 1.82) is 0 Å². The molecule has 0 aliphatic rings. The quantitative estimate of drug-likeness (QED) is 0.151. The summed E-state index contributed by atoms with van der Waals surface area (Å²) >= 11 is 5.86. The van der Waals surface area contributed by atoms with Gasteiger partial charge < -0.3 is 10.6 Å². The minimum Gasteiger partial charge on any atom is -0.369 e. The van der Waals surface area contributed by atoms with Gasteiger partial charge in [0.25, 0.3) is 0 Å². The standard InChI is InChI=1S/C17H15ClFN3.C17H15F2N3/c18-13-5-3-12(4-6-13)2-1-9-20-17-15-10-14(19)7-8-16(15)21-11-22-17;18-13-5-1-3-12(9-13)4-2-8-20-17-15-10-14(19)6-7-16(15)21-11-22-17/h3-8,10-11H,1-2,9H2,(H,20,21,22);1,3,5-7,9-11H,2,4,8H2,(H,20,21,22). The molecule has 6 rings (SSSR count). The Labute approximate surface area is 258 Å². The number of benzene rings is 4. The fraction of sp³-hybridized carbons (Fsp3) is 0.176. The van der Waals surface area contributed by atoms with Gasteiger partial charge in [-0.25, -0.2) is 33.1 Å². The van der Waals surface area contributed by atoms with Gasteiger partial charge in [0, 0.05) is 28.9 Å². The summed E-state index contributed by atoms with van der Waals surface area (Å²) < 4.78 is 39.8. The smallest absolute Gasteiger partial charge is 0.137 e. The van der Waals surface area contributed by atoms with E-state index in [9.17, 15) is 13.2 Å². The molecule has 6 nitrogen and oxygen atoms in total. The maximum absolute atomic E-state index is 13.4. The second-order valence-corrected chi connectivity index (χ2v) is 10.5. The zero-order valence-electron chi connectivity index (χ0n) is 23.8. The summed E-state index contributed by atoms with van der Waals surface area (Å²) in [6.07, 6.45) is 6.42. The molecule has 0 saturated carbocycles. The Morgan fingerprint density at radius 2 is 1.07 bits per heavy atom. The Morgan fingerprint density at radius 1 is 0.545 bits per heavy atom. The molecule has 0 unspecified atom stereocenters. The molecule has 0 saturated heterocycles. The first kappa shape index (κ1) is 30.7. The third kappa shape index (κ3) is 8.64. The molecule has 0 bridgehead atoms. The predicted octanol–water partition coefficient (Wildman–Crippen LogP) is 8.42. The highest BCUT2D eigenvalue weighted by atomic mass is 35.5. The van der Waals surface area contributed by atoms with Gasteiger partial charge in [0.1, 0.15) is 41.7 Å². The molecular formula is C34H30ClF3N6. The molecule has 0 aliphatic heterocycles. The number of aryl methyl sites for hydroxylation is 2. The summed E-state index contributed by atoms with van der Waals surface area (Å²) in [5.41, 5.74) is 3.63. The molecule has 44 heavy (non-hydrogen) atoms. The number of fused-ring (bicyclic) bond motifs is 2. The summed E-state index contributed by atoms with van der Waals surface area (Å²) in [6.45, 7) is 1.42. The summed E-state index contributed by atoms with van der Waals surface area (Å²) in [7, 11) is 0. The van der Waals surface area contributed by atoms with Gasteiger partial charge in [-0.1, -0.05) is 35.9 Å². The van der Waals surface area contributed by atoms with Crippen LogP contribution in [0.15, 0.2) is 97.6 Å². The van der Waals surface area contributed by atoms with Crippen LogP contribution in [0.4, 0.5) is 24.8 Å². The van der Waals surface area contributed by atoms with Crippen LogP contribution in [-0.2, 0) is 12.8 Å². The van der Waals surface area contributed by atoms with E-state index in [1.807, 2.05) is 30.3 Å². The van der Waals surface area contributed by atoms with Crippen LogP contribution < -0.4 is 10.6 Å². The molecule has 0 amide bonds. The molecule has 6 aromatic rings. The van der Waals surface area contributed by atoms with Crippen LogP contribution in [0.2, 0.25) is 5.02 Å². The third-order valence-electron chi connectivity index (χ3n) is 6.87. The highest BCUT2D eigenvalue weighted by Gasteiger charge is 2.06. The summed E-state index contributed by atoms with van der Waals surface area (Å²) in [5.74, 6) is 0.462. The fourth-order valence-electron chi connectivity index (χ4n) is 4.68. The predicted molar refractivity (Wildman–Crippen MR) is 170 cm³/mol. The lowest BCUT2D eigenvalue weighted by Gasteiger charge is -2.08. The largest absolute Gasteiger partial charge is 0.369 e. The van der Waals surface area contributed by atoms with Crippen molar-refractivity contribution in [2.24, 2.45) is 0 Å². The first-order valence-corrected chi connectivity index (χ1v) is 14.6.